The number of benzene rings is 1. The van der Waals surface area contributed by atoms with Crippen LogP contribution in [0.15, 0.2) is 36.4 Å². The third-order valence-corrected chi connectivity index (χ3v) is 3.29. The molecule has 0 unspecified atom stereocenters. The molecule has 1 heterocycles. The average Bonchev–Trinajstić information content (AvgIpc) is 2.46. The zero-order valence-electron chi connectivity index (χ0n) is 11.9. The highest BCUT2D eigenvalue weighted by Gasteiger charge is 2.16. The molecular formula is C16H18N2O2. The number of pyridine rings is 1. The van der Waals surface area contributed by atoms with E-state index in [-0.39, 0.29) is 5.56 Å². The minimum atomic E-state index is -0.968. The number of hydrogen-bond donors (Lipinski definition) is 1. The van der Waals surface area contributed by atoms with Gasteiger partial charge in [-0.05, 0) is 43.2 Å². The molecule has 0 aliphatic heterocycles. The summed E-state index contributed by atoms with van der Waals surface area (Å²) in [5, 5.41) is 9.27. The summed E-state index contributed by atoms with van der Waals surface area (Å²) in [4.78, 5) is 17.5. The maximum absolute atomic E-state index is 11.3. The van der Waals surface area contributed by atoms with Gasteiger partial charge >= 0.3 is 5.97 Å². The van der Waals surface area contributed by atoms with Crippen molar-refractivity contribution < 1.29 is 9.90 Å². The Hall–Kier alpha value is -2.36. The lowest BCUT2D eigenvalue weighted by Crippen LogP contribution is -2.16. The third kappa shape index (κ3) is 2.79. The SMILES string of the molecule is CCc1ccc(N(C)c2nc(C)ccc2C(=O)O)cc1. The first-order valence-corrected chi connectivity index (χ1v) is 6.56. The van der Waals surface area contributed by atoms with Crippen LogP contribution >= 0.6 is 0 Å². The molecule has 0 bridgehead atoms. The Labute approximate surface area is 118 Å². The number of carboxylic acids is 1. The van der Waals surface area contributed by atoms with Gasteiger partial charge in [-0.1, -0.05) is 19.1 Å². The van der Waals surface area contributed by atoms with Crippen LogP contribution in [0.25, 0.3) is 0 Å². The third-order valence-electron chi connectivity index (χ3n) is 3.29. The van der Waals surface area contributed by atoms with E-state index in [1.54, 1.807) is 17.0 Å². The molecule has 0 amide bonds. The second-order valence-corrected chi connectivity index (χ2v) is 4.71. The molecule has 0 aliphatic rings. The molecule has 1 N–H and O–H groups in total. The van der Waals surface area contributed by atoms with Gasteiger partial charge in [-0.15, -0.1) is 0 Å². The number of carboxylic acid groups (broad SMARTS) is 1. The largest absolute Gasteiger partial charge is 0.478 e. The summed E-state index contributed by atoms with van der Waals surface area (Å²) >= 11 is 0. The summed E-state index contributed by atoms with van der Waals surface area (Å²) in [5.41, 5.74) is 3.17. The first-order valence-electron chi connectivity index (χ1n) is 6.56. The molecule has 20 heavy (non-hydrogen) atoms. The van der Waals surface area contributed by atoms with Gasteiger partial charge in [-0.2, -0.15) is 0 Å². The van der Waals surface area contributed by atoms with Crippen molar-refractivity contribution in [1.29, 1.82) is 0 Å². The van der Waals surface area contributed by atoms with Gasteiger partial charge in [0, 0.05) is 18.4 Å². The molecule has 0 saturated heterocycles. The molecule has 0 atom stereocenters. The predicted octanol–water partition coefficient (Wildman–Crippen LogP) is 3.42. The lowest BCUT2D eigenvalue weighted by molar-refractivity contribution is 0.0697. The number of rotatable bonds is 4. The van der Waals surface area contributed by atoms with Crippen molar-refractivity contribution in [2.75, 3.05) is 11.9 Å². The minimum Gasteiger partial charge on any atom is -0.478 e. The van der Waals surface area contributed by atoms with E-state index in [0.29, 0.717) is 5.82 Å². The molecule has 0 aliphatic carbocycles. The smallest absolute Gasteiger partial charge is 0.339 e. The Bertz CT molecular complexity index is 621. The van der Waals surface area contributed by atoms with Crippen molar-refractivity contribution in [3.63, 3.8) is 0 Å². The van der Waals surface area contributed by atoms with Gasteiger partial charge < -0.3 is 10.0 Å². The van der Waals surface area contributed by atoms with E-state index >= 15 is 0 Å². The van der Waals surface area contributed by atoms with Crippen LogP contribution in [-0.4, -0.2) is 23.1 Å². The second kappa shape index (κ2) is 5.74. The fraction of sp³-hybridized carbons (Fsp3) is 0.250. The fourth-order valence-corrected chi connectivity index (χ4v) is 2.04. The highest BCUT2D eigenvalue weighted by Crippen LogP contribution is 2.26. The molecule has 0 spiro atoms. The highest BCUT2D eigenvalue weighted by atomic mass is 16.4. The first-order chi connectivity index (χ1) is 9.52. The van der Waals surface area contributed by atoms with Crippen LogP contribution in [0.5, 0.6) is 0 Å². The standard InChI is InChI=1S/C16H18N2O2/c1-4-12-6-8-13(9-7-12)18(3)15-14(16(19)20)10-5-11(2)17-15/h5-10H,4H2,1-3H3,(H,19,20). The highest BCUT2D eigenvalue weighted by molar-refractivity contribution is 5.94. The van der Waals surface area contributed by atoms with Crippen LogP contribution in [0.4, 0.5) is 11.5 Å². The minimum absolute atomic E-state index is 0.206. The topological polar surface area (TPSA) is 53.4 Å². The summed E-state index contributed by atoms with van der Waals surface area (Å²) in [6.45, 7) is 3.95. The van der Waals surface area contributed by atoms with Gasteiger partial charge in [0.15, 0.2) is 0 Å². The van der Waals surface area contributed by atoms with Gasteiger partial charge in [0.1, 0.15) is 11.4 Å². The maximum atomic E-state index is 11.3. The van der Waals surface area contributed by atoms with E-state index in [0.717, 1.165) is 17.8 Å². The Morgan fingerprint density at radius 3 is 2.40 bits per heavy atom. The Morgan fingerprint density at radius 1 is 1.20 bits per heavy atom. The maximum Gasteiger partial charge on any atom is 0.339 e. The Morgan fingerprint density at radius 2 is 1.85 bits per heavy atom. The predicted molar refractivity (Wildman–Crippen MR) is 79.8 cm³/mol. The number of aryl methyl sites for hydroxylation is 2. The normalized spacial score (nSPS) is 10.3. The molecule has 0 fully saturated rings. The lowest BCUT2D eigenvalue weighted by Gasteiger charge is -2.20. The molecule has 2 aromatic rings. The molecular weight excluding hydrogens is 252 g/mol. The number of aromatic nitrogens is 1. The number of carbonyl (C=O) groups is 1. The van der Waals surface area contributed by atoms with Crippen molar-refractivity contribution in [1.82, 2.24) is 4.98 Å². The van der Waals surface area contributed by atoms with Crippen molar-refractivity contribution in [2.45, 2.75) is 20.3 Å². The number of anilines is 2. The van der Waals surface area contributed by atoms with Crippen molar-refractivity contribution in [2.24, 2.45) is 0 Å². The van der Waals surface area contributed by atoms with Gasteiger partial charge in [-0.3, -0.25) is 0 Å². The van der Waals surface area contributed by atoms with E-state index in [9.17, 15) is 9.90 Å². The monoisotopic (exact) mass is 270 g/mol. The van der Waals surface area contributed by atoms with Crippen LogP contribution in [-0.2, 0) is 6.42 Å². The molecule has 4 heteroatoms. The van der Waals surface area contributed by atoms with E-state index in [1.165, 1.54) is 5.56 Å². The number of nitrogens with zero attached hydrogens (tertiary/aromatic N) is 2. The van der Waals surface area contributed by atoms with Gasteiger partial charge in [0.05, 0.1) is 0 Å². The van der Waals surface area contributed by atoms with Crippen LogP contribution < -0.4 is 4.90 Å². The first kappa shape index (κ1) is 14.1. The molecule has 0 saturated carbocycles. The van der Waals surface area contributed by atoms with E-state index in [1.807, 2.05) is 38.2 Å². The number of hydrogen-bond acceptors (Lipinski definition) is 3. The van der Waals surface area contributed by atoms with Crippen molar-refractivity contribution >= 4 is 17.5 Å². The van der Waals surface area contributed by atoms with Gasteiger partial charge in [-0.25, -0.2) is 9.78 Å². The van der Waals surface area contributed by atoms with Crippen molar-refractivity contribution in [3.05, 3.63) is 53.2 Å². The summed E-state index contributed by atoms with van der Waals surface area (Å²) in [6, 6.07) is 11.4. The molecule has 104 valence electrons. The molecule has 1 aromatic heterocycles. The van der Waals surface area contributed by atoms with Crippen molar-refractivity contribution in [3.8, 4) is 0 Å². The van der Waals surface area contributed by atoms with Crippen LogP contribution in [0.3, 0.4) is 0 Å². The summed E-state index contributed by atoms with van der Waals surface area (Å²) in [6.07, 6.45) is 0.979. The summed E-state index contributed by atoms with van der Waals surface area (Å²) in [7, 11) is 1.83. The molecule has 4 nitrogen and oxygen atoms in total. The van der Waals surface area contributed by atoms with E-state index in [2.05, 4.69) is 11.9 Å². The molecule has 2 rings (SSSR count). The Kier molecular flexibility index (Phi) is 4.03. The summed E-state index contributed by atoms with van der Waals surface area (Å²) < 4.78 is 0. The average molecular weight is 270 g/mol. The molecule has 0 radical (unpaired) electrons. The quantitative estimate of drug-likeness (QED) is 0.925. The van der Waals surface area contributed by atoms with Gasteiger partial charge in [0.25, 0.3) is 0 Å². The van der Waals surface area contributed by atoms with Crippen LogP contribution in [0, 0.1) is 6.92 Å². The lowest BCUT2D eigenvalue weighted by atomic mass is 10.1. The molecule has 1 aromatic carbocycles. The van der Waals surface area contributed by atoms with E-state index in [4.69, 9.17) is 0 Å². The van der Waals surface area contributed by atoms with Crippen LogP contribution in [0.1, 0.15) is 28.5 Å². The zero-order chi connectivity index (χ0) is 14.7. The second-order valence-electron chi connectivity index (χ2n) is 4.71. The van der Waals surface area contributed by atoms with Gasteiger partial charge in [0.2, 0.25) is 0 Å². The fourth-order valence-electron chi connectivity index (χ4n) is 2.04. The van der Waals surface area contributed by atoms with Crippen LogP contribution in [0.2, 0.25) is 0 Å². The Balaban J connectivity index is 2.43. The number of aromatic carboxylic acids is 1. The summed E-state index contributed by atoms with van der Waals surface area (Å²) in [5.74, 6) is -0.508. The zero-order valence-corrected chi connectivity index (χ0v) is 11.9. The van der Waals surface area contributed by atoms with E-state index < -0.39 is 5.97 Å².